The fourth-order valence-corrected chi connectivity index (χ4v) is 3.13. The minimum Gasteiger partial charge on any atom is -0.481 e. The summed E-state index contributed by atoms with van der Waals surface area (Å²) in [6, 6.07) is 1.83. The summed E-state index contributed by atoms with van der Waals surface area (Å²) in [5, 5.41) is 20.1. The Bertz CT molecular complexity index is 1530. The lowest BCUT2D eigenvalue weighted by molar-refractivity contribution is -0.140. The number of carboxylic acid groups (broad SMARTS) is 2. The molecule has 1 amide bonds. The van der Waals surface area contributed by atoms with Crippen LogP contribution in [0.1, 0.15) is 53.6 Å². The monoisotopic (exact) mass is 482 g/mol. The van der Waals surface area contributed by atoms with E-state index >= 15 is 0 Å². The normalized spacial score (nSPS) is 16.3. The highest BCUT2D eigenvalue weighted by atomic mass is 16.4. The molecule has 0 aliphatic heterocycles. The maximum atomic E-state index is 12.8. The Hall–Kier alpha value is -4.79. The van der Waals surface area contributed by atoms with Crippen molar-refractivity contribution in [2.75, 3.05) is 11.5 Å². The van der Waals surface area contributed by atoms with Crippen LogP contribution in [0.3, 0.4) is 0 Å². The molecule has 12 nitrogen and oxygen atoms in total. The molecule has 12 heteroatoms. The first-order valence-corrected chi connectivity index (χ1v) is 9.92. The van der Waals surface area contributed by atoms with Crippen molar-refractivity contribution in [1.29, 1.82) is 0 Å². The van der Waals surface area contributed by atoms with Crippen LogP contribution in [0.4, 0.5) is 11.8 Å². The van der Waals surface area contributed by atoms with Gasteiger partial charge in [0, 0.05) is 29.8 Å². The lowest BCUT2D eigenvalue weighted by Gasteiger charge is -2.16. The number of nitrogens with two attached hydrogens (primary N) is 2. The number of benzene rings is 1. The van der Waals surface area contributed by atoms with Crippen LogP contribution in [-0.4, -0.2) is 54.0 Å². The van der Waals surface area contributed by atoms with E-state index in [9.17, 15) is 19.5 Å². The van der Waals surface area contributed by atoms with E-state index in [2.05, 4.69) is 25.9 Å². The van der Waals surface area contributed by atoms with Gasteiger partial charge in [0.1, 0.15) is 6.02 Å². The van der Waals surface area contributed by atoms with Gasteiger partial charge in [-0.15, -0.1) is 12.3 Å². The van der Waals surface area contributed by atoms with Crippen LogP contribution < -0.4 is 16.8 Å². The molecule has 0 fully saturated rings. The van der Waals surface area contributed by atoms with Gasteiger partial charge in [-0.05, 0) is 30.5 Å². The van der Waals surface area contributed by atoms with Crippen molar-refractivity contribution in [2.45, 2.75) is 37.5 Å². The molecule has 180 valence electrons. The topological polar surface area (TPSA) is 207 Å². The molecule has 35 heavy (non-hydrogen) atoms. The maximum absolute atomic E-state index is 12.8. The van der Waals surface area contributed by atoms with Gasteiger partial charge in [0.05, 0.1) is 13.3 Å². The number of anilines is 2. The maximum Gasteiger partial charge on any atom is 0.326 e. The SMILES string of the molecule is [2H]C([2H])(C(=O)O)C([2H])([2H])[C@]([2H])(NC(=O)c1ccc(C(CC#C)Cc2cnc3nc(N)nc(N)c3n2)cc1)C(=O)O. The van der Waals surface area contributed by atoms with Crippen molar-refractivity contribution in [2.24, 2.45) is 0 Å². The Kier molecular flexibility index (Phi) is 5.79. The Balaban J connectivity index is 1.86. The quantitative estimate of drug-likeness (QED) is 0.257. The summed E-state index contributed by atoms with van der Waals surface area (Å²) in [7, 11) is 0. The second-order valence-electron chi connectivity index (χ2n) is 7.12. The standard InChI is InChI=1S/C23H23N7O5/c1-2-3-14(10-15-11-26-20-18(27-15)19(24)29-23(25)30-20)12-4-6-13(7-5-12)21(33)28-16(22(34)35)8-9-17(31)32/h1,4-7,11,14,16H,3,8-10H2,(H,28,33)(H,31,32)(H,34,35)(H4,24,25,26,29,30)/t14?,16-/m0/s1/i8D2,9D2,16D. The lowest BCUT2D eigenvalue weighted by Crippen LogP contribution is -2.41. The molecule has 3 rings (SSSR count). The second kappa shape index (κ2) is 10.9. The fourth-order valence-electron chi connectivity index (χ4n) is 3.13. The number of nitrogen functional groups attached to an aromatic ring is 2. The molecule has 0 radical (unpaired) electrons. The van der Waals surface area contributed by atoms with Crippen LogP contribution in [-0.2, 0) is 16.0 Å². The van der Waals surface area contributed by atoms with Crippen molar-refractivity contribution in [3.63, 3.8) is 0 Å². The number of rotatable bonds is 10. The summed E-state index contributed by atoms with van der Waals surface area (Å²) in [4.78, 5) is 52.2. The average molecular weight is 483 g/mol. The number of nitrogens with zero attached hydrogens (tertiary/aromatic N) is 4. The lowest BCUT2D eigenvalue weighted by atomic mass is 9.91. The molecule has 2 atom stereocenters. The zero-order valence-corrected chi connectivity index (χ0v) is 18.0. The summed E-state index contributed by atoms with van der Waals surface area (Å²) < 4.78 is 38.5. The van der Waals surface area contributed by atoms with Crippen molar-refractivity contribution >= 4 is 40.8 Å². The number of terminal acetylenes is 1. The molecule has 0 saturated heterocycles. The van der Waals surface area contributed by atoms with Gasteiger partial charge in [-0.25, -0.2) is 14.8 Å². The van der Waals surface area contributed by atoms with Crippen LogP contribution >= 0.6 is 0 Å². The third kappa shape index (κ3) is 6.38. The number of carbonyl (C=O) groups is 3. The molecular formula is C23H23N7O5. The first-order valence-electron chi connectivity index (χ1n) is 12.4. The Morgan fingerprint density at radius 3 is 2.51 bits per heavy atom. The van der Waals surface area contributed by atoms with E-state index in [1.807, 2.05) is 0 Å². The fraction of sp³-hybridized carbons (Fsp3) is 0.261. The predicted molar refractivity (Wildman–Crippen MR) is 126 cm³/mol. The first-order chi connectivity index (χ1) is 18.5. The van der Waals surface area contributed by atoms with Gasteiger partial charge in [-0.2, -0.15) is 9.97 Å². The van der Waals surface area contributed by atoms with Gasteiger partial charge in [0.15, 0.2) is 17.0 Å². The number of aromatic nitrogens is 4. The summed E-state index contributed by atoms with van der Waals surface area (Å²) in [6.07, 6.45) is -0.161. The van der Waals surface area contributed by atoms with Crippen molar-refractivity contribution in [1.82, 2.24) is 25.3 Å². The number of carboxylic acids is 2. The number of aliphatic carboxylic acids is 2. The van der Waals surface area contributed by atoms with Crippen LogP contribution in [0.5, 0.6) is 0 Å². The van der Waals surface area contributed by atoms with Gasteiger partial charge < -0.3 is 27.0 Å². The van der Waals surface area contributed by atoms with Gasteiger partial charge in [-0.1, -0.05) is 12.1 Å². The Labute approximate surface area is 206 Å². The van der Waals surface area contributed by atoms with Gasteiger partial charge in [0.25, 0.3) is 5.91 Å². The zero-order chi connectivity index (χ0) is 30.0. The molecule has 2 aromatic heterocycles. The number of nitrogens with one attached hydrogen (secondary N) is 1. The van der Waals surface area contributed by atoms with E-state index < -0.39 is 36.6 Å². The molecule has 1 aromatic carbocycles. The van der Waals surface area contributed by atoms with E-state index in [1.54, 1.807) is 5.32 Å². The molecule has 3 aromatic rings. The molecule has 1 unspecified atom stereocenters. The van der Waals surface area contributed by atoms with Crippen molar-refractivity contribution < 1.29 is 31.5 Å². The van der Waals surface area contributed by atoms with Crippen molar-refractivity contribution in [3.8, 4) is 12.3 Å². The van der Waals surface area contributed by atoms with Crippen LogP contribution in [0.2, 0.25) is 0 Å². The molecule has 0 saturated carbocycles. The first kappa shape index (κ1) is 18.6. The zero-order valence-electron chi connectivity index (χ0n) is 23.0. The van der Waals surface area contributed by atoms with E-state index in [1.165, 1.54) is 30.5 Å². The third-order valence-corrected chi connectivity index (χ3v) is 4.71. The number of carbonyl (C=O) groups excluding carboxylic acids is 1. The van der Waals surface area contributed by atoms with E-state index in [0.717, 1.165) is 0 Å². The van der Waals surface area contributed by atoms with Gasteiger partial charge in [0.2, 0.25) is 5.95 Å². The molecule has 0 aliphatic rings. The number of hydrogen-bond acceptors (Lipinski definition) is 9. The number of amides is 1. The number of hydrogen-bond donors (Lipinski definition) is 5. The highest BCUT2D eigenvalue weighted by molar-refractivity contribution is 5.96. The Morgan fingerprint density at radius 2 is 1.89 bits per heavy atom. The van der Waals surface area contributed by atoms with Crippen LogP contribution in [0.15, 0.2) is 30.5 Å². The third-order valence-electron chi connectivity index (χ3n) is 4.71. The predicted octanol–water partition coefficient (Wildman–Crippen LogP) is 0.982. The van der Waals surface area contributed by atoms with E-state index in [4.69, 9.17) is 29.9 Å². The Morgan fingerprint density at radius 1 is 1.17 bits per heavy atom. The minimum absolute atomic E-state index is 0.0494. The van der Waals surface area contributed by atoms with E-state index in [0.29, 0.717) is 17.7 Å². The van der Waals surface area contributed by atoms with Crippen LogP contribution in [0, 0.1) is 12.3 Å². The highest BCUT2D eigenvalue weighted by Gasteiger charge is 2.22. The molecular weight excluding hydrogens is 454 g/mol. The average Bonchev–Trinajstić information content (AvgIpc) is 2.88. The highest BCUT2D eigenvalue weighted by Crippen LogP contribution is 2.25. The van der Waals surface area contributed by atoms with Gasteiger partial charge in [-0.3, -0.25) is 9.59 Å². The summed E-state index contributed by atoms with van der Waals surface area (Å²) in [6.45, 7) is 0. The molecule has 2 heterocycles. The van der Waals surface area contributed by atoms with Crippen LogP contribution in [0.25, 0.3) is 11.2 Å². The van der Waals surface area contributed by atoms with Gasteiger partial charge >= 0.3 is 11.9 Å². The molecule has 0 bridgehead atoms. The largest absolute Gasteiger partial charge is 0.481 e. The van der Waals surface area contributed by atoms with E-state index in [-0.39, 0.29) is 40.8 Å². The smallest absolute Gasteiger partial charge is 0.326 e. The summed E-state index contributed by atoms with van der Waals surface area (Å²) >= 11 is 0. The van der Waals surface area contributed by atoms with Crippen molar-refractivity contribution in [3.05, 3.63) is 47.3 Å². The molecule has 7 N–H and O–H groups in total. The molecule has 0 spiro atoms. The second-order valence-corrected chi connectivity index (χ2v) is 7.12. The number of fused-ring (bicyclic) bond motifs is 1. The summed E-state index contributed by atoms with van der Waals surface area (Å²) in [5.41, 5.74) is 12.9. The summed E-state index contributed by atoms with van der Waals surface area (Å²) in [5.74, 6) is -3.67. The molecule has 0 aliphatic carbocycles. The minimum atomic E-state index is -3.88.